The normalized spacial score (nSPS) is 18.6. The summed E-state index contributed by atoms with van der Waals surface area (Å²) in [6.45, 7) is 2.69. The highest BCUT2D eigenvalue weighted by molar-refractivity contribution is 7.09. The summed E-state index contributed by atoms with van der Waals surface area (Å²) < 4.78 is 5.19. The molecule has 1 aliphatic heterocycles. The second kappa shape index (κ2) is 4.11. The monoisotopic (exact) mass is 211 g/mol. The van der Waals surface area contributed by atoms with E-state index in [1.165, 1.54) is 11.3 Å². The minimum Gasteiger partial charge on any atom is -0.501 e. The van der Waals surface area contributed by atoms with Gasteiger partial charge in [0.1, 0.15) is 11.1 Å². The van der Waals surface area contributed by atoms with Crippen molar-refractivity contribution in [3.8, 4) is 0 Å². The van der Waals surface area contributed by atoms with Crippen LogP contribution in [0.3, 0.4) is 0 Å². The third kappa shape index (κ3) is 1.96. The number of aromatic nitrogens is 1. The van der Waals surface area contributed by atoms with Crippen molar-refractivity contribution in [1.82, 2.24) is 4.98 Å². The number of hydrogen-bond donors (Lipinski definition) is 1. The minimum atomic E-state index is -0.575. The number of aliphatic hydroxyl groups is 1. The molecule has 0 saturated carbocycles. The Morgan fingerprint density at radius 1 is 1.64 bits per heavy atom. The fourth-order valence-electron chi connectivity index (χ4n) is 1.44. The summed E-state index contributed by atoms with van der Waals surface area (Å²) in [5.74, 6) is 0. The van der Waals surface area contributed by atoms with Gasteiger partial charge in [0.25, 0.3) is 0 Å². The molecule has 0 saturated heterocycles. The molecule has 1 unspecified atom stereocenters. The topological polar surface area (TPSA) is 42.4 Å². The summed E-state index contributed by atoms with van der Waals surface area (Å²) in [5.41, 5.74) is 1.90. The Kier molecular flexibility index (Phi) is 2.84. The minimum absolute atomic E-state index is 0.575. The first-order chi connectivity index (χ1) is 6.77. The Labute approximate surface area is 87.1 Å². The molecule has 0 bridgehead atoms. The van der Waals surface area contributed by atoms with Gasteiger partial charge in [-0.2, -0.15) is 0 Å². The van der Waals surface area contributed by atoms with Crippen molar-refractivity contribution in [2.75, 3.05) is 6.61 Å². The van der Waals surface area contributed by atoms with Crippen LogP contribution in [-0.2, 0) is 4.74 Å². The SMILES string of the molecule is Cc1csc(C(O)C2=COCCC2)n1. The van der Waals surface area contributed by atoms with E-state index in [1.54, 1.807) is 6.26 Å². The van der Waals surface area contributed by atoms with Crippen molar-refractivity contribution >= 4 is 11.3 Å². The van der Waals surface area contributed by atoms with E-state index in [4.69, 9.17) is 4.74 Å². The molecule has 1 aromatic heterocycles. The molecule has 2 heterocycles. The third-order valence-corrected chi connectivity index (χ3v) is 3.20. The van der Waals surface area contributed by atoms with Crippen LogP contribution < -0.4 is 0 Å². The van der Waals surface area contributed by atoms with Crippen LogP contribution >= 0.6 is 11.3 Å². The second-order valence-electron chi connectivity index (χ2n) is 3.40. The van der Waals surface area contributed by atoms with Crippen LogP contribution in [0.1, 0.15) is 29.6 Å². The molecule has 3 nitrogen and oxygen atoms in total. The number of nitrogens with zero attached hydrogens (tertiary/aromatic N) is 1. The van der Waals surface area contributed by atoms with E-state index in [9.17, 15) is 5.11 Å². The van der Waals surface area contributed by atoms with Gasteiger partial charge in [-0.1, -0.05) is 0 Å². The highest BCUT2D eigenvalue weighted by Gasteiger charge is 2.18. The lowest BCUT2D eigenvalue weighted by Gasteiger charge is -2.16. The molecular weight excluding hydrogens is 198 g/mol. The summed E-state index contributed by atoms with van der Waals surface area (Å²) in [6, 6.07) is 0. The molecule has 14 heavy (non-hydrogen) atoms. The molecule has 0 aromatic carbocycles. The fraction of sp³-hybridized carbons (Fsp3) is 0.500. The van der Waals surface area contributed by atoms with Gasteiger partial charge < -0.3 is 9.84 Å². The molecule has 0 radical (unpaired) electrons. The van der Waals surface area contributed by atoms with Crippen LogP contribution in [0.4, 0.5) is 0 Å². The average molecular weight is 211 g/mol. The first kappa shape index (κ1) is 9.68. The maximum atomic E-state index is 9.96. The van der Waals surface area contributed by atoms with Gasteiger partial charge in [0.05, 0.1) is 12.9 Å². The van der Waals surface area contributed by atoms with Crippen molar-refractivity contribution in [3.05, 3.63) is 27.9 Å². The van der Waals surface area contributed by atoms with Crippen LogP contribution in [0, 0.1) is 6.92 Å². The Morgan fingerprint density at radius 3 is 3.07 bits per heavy atom. The first-order valence-corrected chi connectivity index (χ1v) is 5.56. The standard InChI is InChI=1S/C10H13NO2S/c1-7-6-14-10(11-7)9(12)8-3-2-4-13-5-8/h5-6,9,12H,2-4H2,1H3. The maximum absolute atomic E-state index is 9.96. The summed E-state index contributed by atoms with van der Waals surface area (Å²) in [5, 5.41) is 12.7. The predicted octanol–water partition coefficient (Wildman–Crippen LogP) is 2.18. The zero-order chi connectivity index (χ0) is 9.97. The van der Waals surface area contributed by atoms with Gasteiger partial charge in [0.15, 0.2) is 0 Å². The molecule has 0 fully saturated rings. The maximum Gasteiger partial charge on any atom is 0.130 e. The molecule has 4 heteroatoms. The lowest BCUT2D eigenvalue weighted by atomic mass is 10.1. The molecule has 1 aliphatic rings. The van der Waals surface area contributed by atoms with Crippen molar-refractivity contribution in [3.63, 3.8) is 0 Å². The lowest BCUT2D eigenvalue weighted by molar-refractivity contribution is 0.170. The molecule has 0 spiro atoms. The Bertz CT molecular complexity index is 346. The van der Waals surface area contributed by atoms with Gasteiger partial charge >= 0.3 is 0 Å². The fourth-order valence-corrected chi connectivity index (χ4v) is 2.26. The third-order valence-electron chi connectivity index (χ3n) is 2.18. The molecule has 0 amide bonds. The van der Waals surface area contributed by atoms with E-state index in [2.05, 4.69) is 4.98 Å². The van der Waals surface area contributed by atoms with Crippen LogP contribution in [-0.4, -0.2) is 16.7 Å². The summed E-state index contributed by atoms with van der Waals surface area (Å²) in [4.78, 5) is 4.26. The highest BCUT2D eigenvalue weighted by atomic mass is 32.1. The van der Waals surface area contributed by atoms with Gasteiger partial charge in [0.2, 0.25) is 0 Å². The van der Waals surface area contributed by atoms with Gasteiger partial charge in [-0.3, -0.25) is 0 Å². The summed E-state index contributed by atoms with van der Waals surface area (Å²) >= 11 is 1.49. The first-order valence-electron chi connectivity index (χ1n) is 4.68. The van der Waals surface area contributed by atoms with E-state index in [1.807, 2.05) is 12.3 Å². The van der Waals surface area contributed by atoms with E-state index >= 15 is 0 Å². The van der Waals surface area contributed by atoms with E-state index in [-0.39, 0.29) is 0 Å². The Hall–Kier alpha value is -0.870. The van der Waals surface area contributed by atoms with E-state index in [0.717, 1.165) is 35.7 Å². The number of aliphatic hydroxyl groups excluding tert-OH is 1. The van der Waals surface area contributed by atoms with Crippen LogP contribution in [0.5, 0.6) is 0 Å². The molecule has 1 atom stereocenters. The molecular formula is C10H13NO2S. The number of hydrogen-bond acceptors (Lipinski definition) is 4. The van der Waals surface area contributed by atoms with E-state index < -0.39 is 6.10 Å². The quantitative estimate of drug-likeness (QED) is 0.815. The van der Waals surface area contributed by atoms with Crippen molar-refractivity contribution < 1.29 is 9.84 Å². The van der Waals surface area contributed by atoms with Gasteiger partial charge in [-0.05, 0) is 25.3 Å². The molecule has 76 valence electrons. The lowest BCUT2D eigenvalue weighted by Crippen LogP contribution is -2.07. The highest BCUT2D eigenvalue weighted by Crippen LogP contribution is 2.29. The van der Waals surface area contributed by atoms with Crippen LogP contribution in [0.2, 0.25) is 0 Å². The van der Waals surface area contributed by atoms with Crippen molar-refractivity contribution in [1.29, 1.82) is 0 Å². The van der Waals surface area contributed by atoms with Crippen molar-refractivity contribution in [2.24, 2.45) is 0 Å². The van der Waals surface area contributed by atoms with Crippen LogP contribution in [0.25, 0.3) is 0 Å². The largest absolute Gasteiger partial charge is 0.501 e. The Balaban J connectivity index is 2.14. The number of aryl methyl sites for hydroxylation is 1. The molecule has 2 rings (SSSR count). The zero-order valence-corrected chi connectivity index (χ0v) is 8.88. The van der Waals surface area contributed by atoms with Gasteiger partial charge in [-0.25, -0.2) is 4.98 Å². The van der Waals surface area contributed by atoms with E-state index in [0.29, 0.717) is 0 Å². The number of ether oxygens (including phenoxy) is 1. The van der Waals surface area contributed by atoms with Gasteiger partial charge in [-0.15, -0.1) is 11.3 Å². The van der Waals surface area contributed by atoms with Gasteiger partial charge in [0, 0.05) is 11.1 Å². The molecule has 0 aliphatic carbocycles. The second-order valence-corrected chi connectivity index (χ2v) is 4.29. The summed E-state index contributed by atoms with van der Waals surface area (Å²) in [7, 11) is 0. The number of thiazole rings is 1. The zero-order valence-electron chi connectivity index (χ0n) is 8.06. The molecule has 1 N–H and O–H groups in total. The smallest absolute Gasteiger partial charge is 0.130 e. The predicted molar refractivity (Wildman–Crippen MR) is 55.1 cm³/mol. The average Bonchev–Trinajstić information content (AvgIpc) is 2.65. The van der Waals surface area contributed by atoms with Crippen LogP contribution in [0.15, 0.2) is 17.2 Å². The van der Waals surface area contributed by atoms with Crippen molar-refractivity contribution in [2.45, 2.75) is 25.9 Å². The number of rotatable bonds is 2. The summed E-state index contributed by atoms with van der Waals surface area (Å²) in [6.07, 6.45) is 2.98. The Morgan fingerprint density at radius 2 is 2.50 bits per heavy atom. The molecule has 1 aromatic rings.